The second-order valence-electron chi connectivity index (χ2n) is 4.64. The van der Waals surface area contributed by atoms with Gasteiger partial charge in [0.2, 0.25) is 0 Å². The van der Waals surface area contributed by atoms with Gasteiger partial charge in [0.25, 0.3) is 0 Å². The third-order valence-electron chi connectivity index (χ3n) is 2.89. The molecule has 0 bridgehead atoms. The van der Waals surface area contributed by atoms with Gasteiger partial charge in [-0.3, -0.25) is 4.99 Å². The van der Waals surface area contributed by atoms with Crippen LogP contribution in [0.5, 0.6) is 5.75 Å². The highest BCUT2D eigenvalue weighted by Gasteiger charge is 1.98. The Bertz CT molecular complexity index is 441. The van der Waals surface area contributed by atoms with E-state index < -0.39 is 0 Å². The number of unbranched alkanes of at least 4 members (excludes halogenated alkanes) is 1. The SMILES string of the molecule is CCOCCCCNC(=NC)NCCOc1cccc(Br)c1. The number of benzene rings is 1. The van der Waals surface area contributed by atoms with Gasteiger partial charge in [-0.1, -0.05) is 22.0 Å². The molecule has 0 atom stereocenters. The Balaban J connectivity index is 2.08. The van der Waals surface area contributed by atoms with E-state index in [-0.39, 0.29) is 0 Å². The average Bonchev–Trinajstić information content (AvgIpc) is 2.52. The fraction of sp³-hybridized carbons (Fsp3) is 0.562. The molecule has 0 heterocycles. The minimum Gasteiger partial charge on any atom is -0.492 e. The number of hydrogen-bond donors (Lipinski definition) is 2. The van der Waals surface area contributed by atoms with Gasteiger partial charge in [0.15, 0.2) is 5.96 Å². The largest absolute Gasteiger partial charge is 0.492 e. The smallest absolute Gasteiger partial charge is 0.191 e. The molecule has 124 valence electrons. The van der Waals surface area contributed by atoms with Crippen molar-refractivity contribution in [1.29, 1.82) is 0 Å². The van der Waals surface area contributed by atoms with Crippen LogP contribution >= 0.6 is 15.9 Å². The number of rotatable bonds is 10. The first-order chi connectivity index (χ1) is 10.8. The summed E-state index contributed by atoms with van der Waals surface area (Å²) < 4.78 is 12.0. The summed E-state index contributed by atoms with van der Waals surface area (Å²) in [6.07, 6.45) is 2.12. The molecule has 0 spiro atoms. The lowest BCUT2D eigenvalue weighted by Gasteiger charge is -2.12. The third-order valence-corrected chi connectivity index (χ3v) is 3.39. The van der Waals surface area contributed by atoms with E-state index in [1.165, 1.54) is 0 Å². The molecular weight excluding hydrogens is 346 g/mol. The maximum Gasteiger partial charge on any atom is 0.191 e. The van der Waals surface area contributed by atoms with Crippen molar-refractivity contribution in [3.05, 3.63) is 28.7 Å². The molecule has 2 N–H and O–H groups in total. The standard InChI is InChI=1S/C16H26BrN3O2/c1-3-21-11-5-4-9-19-16(18-2)20-10-12-22-15-8-6-7-14(17)13-15/h6-8,13H,3-5,9-12H2,1-2H3,(H2,18,19,20). The summed E-state index contributed by atoms with van der Waals surface area (Å²) in [6.45, 7) is 5.80. The van der Waals surface area contributed by atoms with Gasteiger partial charge in [-0.15, -0.1) is 0 Å². The van der Waals surface area contributed by atoms with E-state index in [2.05, 4.69) is 31.6 Å². The van der Waals surface area contributed by atoms with Crippen LogP contribution in [-0.4, -0.2) is 45.9 Å². The van der Waals surface area contributed by atoms with E-state index in [0.29, 0.717) is 13.2 Å². The summed E-state index contributed by atoms with van der Waals surface area (Å²) in [5, 5.41) is 6.50. The second-order valence-corrected chi connectivity index (χ2v) is 5.55. The van der Waals surface area contributed by atoms with Crippen molar-refractivity contribution in [2.45, 2.75) is 19.8 Å². The van der Waals surface area contributed by atoms with Crippen LogP contribution in [-0.2, 0) is 4.74 Å². The van der Waals surface area contributed by atoms with Crippen molar-refractivity contribution in [2.24, 2.45) is 4.99 Å². The molecule has 1 rings (SSSR count). The molecule has 0 radical (unpaired) electrons. The van der Waals surface area contributed by atoms with Crippen molar-refractivity contribution in [3.8, 4) is 5.75 Å². The highest BCUT2D eigenvalue weighted by atomic mass is 79.9. The third kappa shape index (κ3) is 8.89. The van der Waals surface area contributed by atoms with Crippen molar-refractivity contribution in [3.63, 3.8) is 0 Å². The van der Waals surface area contributed by atoms with Crippen LogP contribution in [0.3, 0.4) is 0 Å². The van der Waals surface area contributed by atoms with E-state index in [1.54, 1.807) is 7.05 Å². The quantitative estimate of drug-likeness (QED) is 0.377. The monoisotopic (exact) mass is 371 g/mol. The Morgan fingerprint density at radius 2 is 2.00 bits per heavy atom. The number of aliphatic imine (C=N–C) groups is 1. The van der Waals surface area contributed by atoms with E-state index in [1.807, 2.05) is 31.2 Å². The minimum absolute atomic E-state index is 0.585. The van der Waals surface area contributed by atoms with Crippen LogP contribution < -0.4 is 15.4 Å². The van der Waals surface area contributed by atoms with Gasteiger partial charge in [0.05, 0.1) is 6.54 Å². The maximum absolute atomic E-state index is 5.66. The molecule has 22 heavy (non-hydrogen) atoms. The predicted octanol–water partition coefficient (Wildman–Crippen LogP) is 2.81. The molecule has 0 aliphatic carbocycles. The molecule has 0 aromatic heterocycles. The number of hydrogen-bond acceptors (Lipinski definition) is 3. The van der Waals surface area contributed by atoms with Crippen molar-refractivity contribution in [2.75, 3.05) is 40.0 Å². The zero-order valence-electron chi connectivity index (χ0n) is 13.4. The first-order valence-electron chi connectivity index (χ1n) is 7.67. The highest BCUT2D eigenvalue weighted by Crippen LogP contribution is 2.17. The summed E-state index contributed by atoms with van der Waals surface area (Å²) in [4.78, 5) is 4.18. The lowest BCUT2D eigenvalue weighted by atomic mass is 10.3. The molecule has 5 nitrogen and oxygen atoms in total. The summed E-state index contributed by atoms with van der Waals surface area (Å²) in [5.74, 6) is 1.66. The van der Waals surface area contributed by atoms with Crippen LogP contribution in [0.2, 0.25) is 0 Å². The molecule has 1 aromatic rings. The zero-order valence-corrected chi connectivity index (χ0v) is 15.0. The predicted molar refractivity (Wildman–Crippen MR) is 94.7 cm³/mol. The molecule has 0 saturated carbocycles. The molecule has 0 saturated heterocycles. The van der Waals surface area contributed by atoms with Crippen molar-refractivity contribution in [1.82, 2.24) is 10.6 Å². The molecule has 0 aliphatic heterocycles. The minimum atomic E-state index is 0.585. The summed E-state index contributed by atoms with van der Waals surface area (Å²) in [7, 11) is 1.77. The van der Waals surface area contributed by atoms with Crippen LogP contribution in [0.1, 0.15) is 19.8 Å². The van der Waals surface area contributed by atoms with Crippen LogP contribution in [0.4, 0.5) is 0 Å². The van der Waals surface area contributed by atoms with Crippen LogP contribution in [0.15, 0.2) is 33.7 Å². The molecule has 0 aliphatic rings. The lowest BCUT2D eigenvalue weighted by molar-refractivity contribution is 0.143. The van der Waals surface area contributed by atoms with Crippen molar-refractivity contribution < 1.29 is 9.47 Å². The van der Waals surface area contributed by atoms with Gasteiger partial charge in [-0.25, -0.2) is 0 Å². The number of nitrogens with one attached hydrogen (secondary N) is 2. The number of halogens is 1. The Labute approximate surface area is 141 Å². The Kier molecular flexibility index (Phi) is 10.5. The number of guanidine groups is 1. The molecule has 6 heteroatoms. The fourth-order valence-corrected chi connectivity index (χ4v) is 2.17. The van der Waals surface area contributed by atoms with Gasteiger partial charge in [0.1, 0.15) is 12.4 Å². The van der Waals surface area contributed by atoms with E-state index in [0.717, 1.165) is 48.8 Å². The second kappa shape index (κ2) is 12.3. The molecule has 0 unspecified atom stereocenters. The van der Waals surface area contributed by atoms with E-state index in [9.17, 15) is 0 Å². The number of ether oxygens (including phenoxy) is 2. The summed E-state index contributed by atoms with van der Waals surface area (Å²) in [6, 6.07) is 7.82. The van der Waals surface area contributed by atoms with E-state index >= 15 is 0 Å². The summed E-state index contributed by atoms with van der Waals surface area (Å²) in [5.41, 5.74) is 0. The lowest BCUT2D eigenvalue weighted by Crippen LogP contribution is -2.39. The van der Waals surface area contributed by atoms with Crippen LogP contribution in [0, 0.1) is 0 Å². The van der Waals surface area contributed by atoms with Gasteiger partial charge in [0, 0.05) is 31.3 Å². The topological polar surface area (TPSA) is 54.9 Å². The zero-order chi connectivity index (χ0) is 16.0. The normalized spacial score (nSPS) is 11.3. The fourth-order valence-electron chi connectivity index (χ4n) is 1.80. The van der Waals surface area contributed by atoms with Crippen molar-refractivity contribution >= 4 is 21.9 Å². The molecular formula is C16H26BrN3O2. The Hall–Kier alpha value is -1.27. The van der Waals surface area contributed by atoms with Gasteiger partial charge >= 0.3 is 0 Å². The first-order valence-corrected chi connectivity index (χ1v) is 8.46. The molecule has 0 fully saturated rings. The van der Waals surface area contributed by atoms with Crippen LogP contribution in [0.25, 0.3) is 0 Å². The summed E-state index contributed by atoms with van der Waals surface area (Å²) >= 11 is 3.42. The van der Waals surface area contributed by atoms with Gasteiger partial charge < -0.3 is 20.1 Å². The Morgan fingerprint density at radius 3 is 2.73 bits per heavy atom. The highest BCUT2D eigenvalue weighted by molar-refractivity contribution is 9.10. The Morgan fingerprint density at radius 1 is 1.18 bits per heavy atom. The number of nitrogens with zero attached hydrogens (tertiary/aromatic N) is 1. The first kappa shape index (κ1) is 18.8. The van der Waals surface area contributed by atoms with Gasteiger partial charge in [-0.05, 0) is 38.0 Å². The maximum atomic E-state index is 5.66. The van der Waals surface area contributed by atoms with E-state index in [4.69, 9.17) is 9.47 Å². The molecule has 1 aromatic carbocycles. The average molecular weight is 372 g/mol. The van der Waals surface area contributed by atoms with Gasteiger partial charge in [-0.2, -0.15) is 0 Å². The molecule has 0 amide bonds.